The molecule has 0 heterocycles. The Morgan fingerprint density at radius 2 is 1.95 bits per heavy atom. The van der Waals surface area contributed by atoms with E-state index in [9.17, 15) is 4.79 Å². The monoisotopic (exact) mass is 257 g/mol. The molecule has 0 saturated heterocycles. The molecule has 0 spiro atoms. The first kappa shape index (κ1) is 15.0. The maximum absolute atomic E-state index is 11.8. The van der Waals surface area contributed by atoms with Crippen LogP contribution in [-0.4, -0.2) is 12.6 Å². The van der Waals surface area contributed by atoms with E-state index >= 15 is 0 Å². The van der Waals surface area contributed by atoms with Crippen LogP contribution in [0.15, 0.2) is 29.8 Å². The van der Waals surface area contributed by atoms with Crippen LogP contribution in [0.1, 0.15) is 37.8 Å². The number of ether oxygens (including phenoxy) is 1. The van der Waals surface area contributed by atoms with Crippen LogP contribution in [0.4, 0.5) is 0 Å². The summed E-state index contributed by atoms with van der Waals surface area (Å²) in [6.45, 7) is 6.14. The molecule has 0 bridgehead atoms. The fourth-order valence-corrected chi connectivity index (χ4v) is 1.61. The molecule has 3 heteroatoms. The zero-order valence-corrected chi connectivity index (χ0v) is 11.7. The molecule has 1 aromatic rings. The van der Waals surface area contributed by atoms with Crippen LogP contribution in [0, 0.1) is 18.3 Å². The van der Waals surface area contributed by atoms with Crippen LogP contribution < -0.4 is 0 Å². The molecule has 0 atom stereocenters. The molecule has 0 aromatic heterocycles. The highest BCUT2D eigenvalue weighted by atomic mass is 16.5. The zero-order chi connectivity index (χ0) is 14.3. The Morgan fingerprint density at radius 1 is 1.32 bits per heavy atom. The van der Waals surface area contributed by atoms with Crippen LogP contribution in [0.5, 0.6) is 0 Å². The molecule has 0 unspecified atom stereocenters. The summed E-state index contributed by atoms with van der Waals surface area (Å²) in [5.74, 6) is -0.533. The molecule has 0 radical (unpaired) electrons. The number of rotatable bonds is 5. The van der Waals surface area contributed by atoms with E-state index in [4.69, 9.17) is 10.00 Å². The first-order valence-corrected chi connectivity index (χ1v) is 6.45. The summed E-state index contributed by atoms with van der Waals surface area (Å²) in [6, 6.07) is 9.66. The number of benzene rings is 1. The average molecular weight is 257 g/mol. The van der Waals surface area contributed by atoms with E-state index in [1.807, 2.05) is 44.2 Å². The lowest BCUT2D eigenvalue weighted by atomic mass is 10.0. The summed E-state index contributed by atoms with van der Waals surface area (Å²) in [4.78, 5) is 11.8. The van der Waals surface area contributed by atoms with Crippen molar-refractivity contribution in [3.8, 4) is 6.07 Å². The summed E-state index contributed by atoms with van der Waals surface area (Å²) in [6.07, 6.45) is 1.77. The van der Waals surface area contributed by atoms with E-state index in [-0.39, 0.29) is 5.57 Å². The molecular weight excluding hydrogens is 238 g/mol. The summed E-state index contributed by atoms with van der Waals surface area (Å²) in [5, 5.41) is 9.13. The Hall–Kier alpha value is -2.08. The van der Waals surface area contributed by atoms with Gasteiger partial charge >= 0.3 is 5.97 Å². The Kier molecular flexibility index (Phi) is 5.81. The number of carbonyl (C=O) groups is 1. The van der Waals surface area contributed by atoms with Crippen molar-refractivity contribution in [3.63, 3.8) is 0 Å². The number of hydrogen-bond acceptors (Lipinski definition) is 3. The smallest absolute Gasteiger partial charge is 0.349 e. The van der Waals surface area contributed by atoms with Crippen molar-refractivity contribution in [3.05, 3.63) is 41.0 Å². The first-order chi connectivity index (χ1) is 9.10. The highest BCUT2D eigenvalue weighted by Crippen LogP contribution is 2.19. The third kappa shape index (κ3) is 4.26. The largest absolute Gasteiger partial charge is 0.462 e. The predicted molar refractivity (Wildman–Crippen MR) is 75.3 cm³/mol. The van der Waals surface area contributed by atoms with Crippen molar-refractivity contribution in [2.75, 3.05) is 6.61 Å². The summed E-state index contributed by atoms with van der Waals surface area (Å²) >= 11 is 0. The van der Waals surface area contributed by atoms with Crippen molar-refractivity contribution in [1.82, 2.24) is 0 Å². The molecule has 100 valence electrons. The number of esters is 1. The third-order valence-electron chi connectivity index (χ3n) is 2.91. The zero-order valence-electron chi connectivity index (χ0n) is 11.7. The van der Waals surface area contributed by atoms with Crippen LogP contribution in [0.3, 0.4) is 0 Å². The van der Waals surface area contributed by atoms with Crippen molar-refractivity contribution >= 4 is 11.5 Å². The molecule has 0 aliphatic heterocycles. The van der Waals surface area contributed by atoms with Crippen molar-refractivity contribution in [2.24, 2.45) is 0 Å². The van der Waals surface area contributed by atoms with Gasteiger partial charge in [0.1, 0.15) is 11.6 Å². The van der Waals surface area contributed by atoms with Gasteiger partial charge in [-0.3, -0.25) is 0 Å². The average Bonchev–Trinajstić information content (AvgIpc) is 2.40. The normalized spacial score (nSPS) is 11.5. The van der Waals surface area contributed by atoms with E-state index < -0.39 is 5.97 Å². The molecule has 0 aliphatic carbocycles. The van der Waals surface area contributed by atoms with Gasteiger partial charge in [-0.2, -0.15) is 5.26 Å². The second-order valence-corrected chi connectivity index (χ2v) is 4.47. The minimum Gasteiger partial charge on any atom is -0.462 e. The molecule has 1 aromatic carbocycles. The Labute approximate surface area is 114 Å². The quantitative estimate of drug-likeness (QED) is 0.350. The lowest BCUT2D eigenvalue weighted by Gasteiger charge is -2.07. The van der Waals surface area contributed by atoms with Crippen LogP contribution in [0.25, 0.3) is 5.57 Å². The van der Waals surface area contributed by atoms with Crippen molar-refractivity contribution < 1.29 is 9.53 Å². The lowest BCUT2D eigenvalue weighted by molar-refractivity contribution is -0.138. The van der Waals surface area contributed by atoms with Gasteiger partial charge in [-0.1, -0.05) is 43.2 Å². The number of nitriles is 1. The number of aryl methyl sites for hydroxylation is 1. The molecule has 0 aliphatic rings. The van der Waals surface area contributed by atoms with E-state index in [0.29, 0.717) is 12.2 Å². The number of carbonyl (C=O) groups excluding carboxylic acids is 1. The second kappa shape index (κ2) is 7.38. The minimum absolute atomic E-state index is 0.0833. The van der Waals surface area contributed by atoms with Gasteiger partial charge in [-0.25, -0.2) is 4.79 Å². The fraction of sp³-hybridized carbons (Fsp3) is 0.375. The number of unbranched alkanes of at least 4 members (excludes halogenated alkanes) is 1. The lowest BCUT2D eigenvalue weighted by Crippen LogP contribution is -2.09. The van der Waals surface area contributed by atoms with Crippen molar-refractivity contribution in [2.45, 2.75) is 33.6 Å². The molecule has 0 fully saturated rings. The molecule has 0 saturated carbocycles. The fourth-order valence-electron chi connectivity index (χ4n) is 1.61. The van der Waals surface area contributed by atoms with Gasteiger partial charge in [0.05, 0.1) is 6.61 Å². The maximum atomic E-state index is 11.8. The molecule has 19 heavy (non-hydrogen) atoms. The second-order valence-electron chi connectivity index (χ2n) is 4.47. The minimum atomic E-state index is -0.533. The van der Waals surface area contributed by atoms with Crippen LogP contribution in [-0.2, 0) is 9.53 Å². The van der Waals surface area contributed by atoms with Crippen LogP contribution in [0.2, 0.25) is 0 Å². The first-order valence-electron chi connectivity index (χ1n) is 6.45. The molecule has 1 rings (SSSR count). The number of nitrogens with zero attached hydrogens (tertiary/aromatic N) is 1. The maximum Gasteiger partial charge on any atom is 0.349 e. The standard InChI is InChI=1S/C16H19NO2/c1-4-5-10-19-16(18)15(11-17)13(3)14-8-6-12(2)7-9-14/h6-9H,4-5,10H2,1-3H3. The van der Waals surface area contributed by atoms with E-state index in [1.54, 1.807) is 6.92 Å². The summed E-state index contributed by atoms with van der Waals surface area (Å²) < 4.78 is 5.08. The van der Waals surface area contributed by atoms with E-state index in [0.717, 1.165) is 24.0 Å². The van der Waals surface area contributed by atoms with E-state index in [2.05, 4.69) is 0 Å². The summed E-state index contributed by atoms with van der Waals surface area (Å²) in [7, 11) is 0. The van der Waals surface area contributed by atoms with Gasteiger partial charge in [0.2, 0.25) is 0 Å². The molecule has 3 nitrogen and oxygen atoms in total. The van der Waals surface area contributed by atoms with E-state index in [1.165, 1.54) is 0 Å². The number of hydrogen-bond donors (Lipinski definition) is 0. The van der Waals surface area contributed by atoms with Gasteiger partial charge in [0, 0.05) is 0 Å². The SMILES string of the molecule is CCCCOC(=O)C(C#N)=C(C)c1ccc(C)cc1. The predicted octanol–water partition coefficient (Wildman–Crippen LogP) is 3.64. The third-order valence-corrected chi connectivity index (χ3v) is 2.91. The van der Waals surface area contributed by atoms with Gasteiger partial charge in [-0.15, -0.1) is 0 Å². The van der Waals surface area contributed by atoms with Crippen LogP contribution >= 0.6 is 0 Å². The molecular formula is C16H19NO2. The highest BCUT2D eigenvalue weighted by molar-refractivity contribution is 6.01. The topological polar surface area (TPSA) is 50.1 Å². The van der Waals surface area contributed by atoms with Gasteiger partial charge in [0.25, 0.3) is 0 Å². The Balaban J connectivity index is 2.93. The van der Waals surface area contributed by atoms with Crippen molar-refractivity contribution in [1.29, 1.82) is 5.26 Å². The number of allylic oxidation sites excluding steroid dienone is 1. The molecule has 0 N–H and O–H groups in total. The van der Waals surface area contributed by atoms with Gasteiger partial charge in [0.15, 0.2) is 0 Å². The van der Waals surface area contributed by atoms with Gasteiger partial charge in [-0.05, 0) is 31.4 Å². The Bertz CT molecular complexity index is 507. The molecule has 0 amide bonds. The highest BCUT2D eigenvalue weighted by Gasteiger charge is 2.15. The van der Waals surface area contributed by atoms with Gasteiger partial charge < -0.3 is 4.74 Å². The Morgan fingerprint density at radius 3 is 2.47 bits per heavy atom. The summed E-state index contributed by atoms with van der Waals surface area (Å²) in [5.41, 5.74) is 2.75.